The third-order valence-electron chi connectivity index (χ3n) is 4.57. The van der Waals surface area contributed by atoms with Crippen LogP contribution >= 0.6 is 27.7 Å². The maximum absolute atomic E-state index is 12.7. The second kappa shape index (κ2) is 9.32. The van der Waals surface area contributed by atoms with Gasteiger partial charge in [0.15, 0.2) is 0 Å². The van der Waals surface area contributed by atoms with E-state index in [0.29, 0.717) is 4.91 Å². The predicted octanol–water partition coefficient (Wildman–Crippen LogP) is 6.23. The zero-order chi connectivity index (χ0) is 20.9. The van der Waals surface area contributed by atoms with Crippen molar-refractivity contribution in [2.75, 3.05) is 13.2 Å². The SMILES string of the molecule is O=C1S/C(=C\C(Br)=C\c2ccccc2)C(=O)N1CCOc1cccc2ccccc12. The van der Waals surface area contributed by atoms with Crippen molar-refractivity contribution in [2.24, 2.45) is 0 Å². The summed E-state index contributed by atoms with van der Waals surface area (Å²) in [6.07, 6.45) is 3.58. The molecule has 1 heterocycles. The summed E-state index contributed by atoms with van der Waals surface area (Å²) in [7, 11) is 0. The van der Waals surface area contributed by atoms with Crippen LogP contribution in [-0.4, -0.2) is 29.2 Å². The second-order valence-electron chi connectivity index (χ2n) is 6.60. The van der Waals surface area contributed by atoms with Gasteiger partial charge in [0.2, 0.25) is 0 Å². The van der Waals surface area contributed by atoms with Crippen LogP contribution in [0.15, 0.2) is 88.3 Å². The molecular formula is C24H18BrNO3S. The van der Waals surface area contributed by atoms with Crippen molar-refractivity contribution in [3.05, 3.63) is 93.8 Å². The molecule has 3 aromatic carbocycles. The van der Waals surface area contributed by atoms with Crippen LogP contribution < -0.4 is 4.74 Å². The molecule has 30 heavy (non-hydrogen) atoms. The number of carbonyl (C=O) groups excluding carboxylic acids is 2. The van der Waals surface area contributed by atoms with Crippen molar-refractivity contribution in [1.82, 2.24) is 4.90 Å². The van der Waals surface area contributed by atoms with Gasteiger partial charge >= 0.3 is 0 Å². The van der Waals surface area contributed by atoms with Gasteiger partial charge in [-0.2, -0.15) is 0 Å². The van der Waals surface area contributed by atoms with Gasteiger partial charge in [-0.1, -0.05) is 82.7 Å². The Morgan fingerprint density at radius 3 is 2.53 bits per heavy atom. The number of allylic oxidation sites excluding steroid dienone is 2. The molecule has 2 amide bonds. The van der Waals surface area contributed by atoms with Crippen molar-refractivity contribution in [2.45, 2.75) is 0 Å². The number of rotatable bonds is 6. The minimum Gasteiger partial charge on any atom is -0.491 e. The summed E-state index contributed by atoms with van der Waals surface area (Å²) in [6.45, 7) is 0.436. The van der Waals surface area contributed by atoms with Crippen molar-refractivity contribution in [1.29, 1.82) is 0 Å². The molecule has 0 saturated carbocycles. The quantitative estimate of drug-likeness (QED) is 0.392. The van der Waals surface area contributed by atoms with Crippen LogP contribution in [0.3, 0.4) is 0 Å². The van der Waals surface area contributed by atoms with E-state index >= 15 is 0 Å². The zero-order valence-corrected chi connectivity index (χ0v) is 18.4. The largest absolute Gasteiger partial charge is 0.491 e. The molecule has 1 fully saturated rings. The molecular weight excluding hydrogens is 462 g/mol. The molecule has 1 aliphatic rings. The Hall–Kier alpha value is -2.83. The molecule has 0 spiro atoms. The first kappa shape index (κ1) is 20.4. The standard InChI is InChI=1S/C24H18BrNO3S/c25-19(15-17-7-2-1-3-8-17)16-22-23(27)26(24(28)30-22)13-14-29-21-12-6-10-18-9-4-5-11-20(18)21/h1-12,15-16H,13-14H2/b19-15-,22-16-. The fourth-order valence-electron chi connectivity index (χ4n) is 3.14. The molecule has 0 aromatic heterocycles. The van der Waals surface area contributed by atoms with E-state index in [2.05, 4.69) is 15.9 Å². The van der Waals surface area contributed by atoms with E-state index in [9.17, 15) is 9.59 Å². The molecule has 0 atom stereocenters. The summed E-state index contributed by atoms with van der Waals surface area (Å²) in [5, 5.41) is 1.80. The number of amides is 2. The fourth-order valence-corrected chi connectivity index (χ4v) is 4.64. The minimum atomic E-state index is -0.301. The van der Waals surface area contributed by atoms with E-state index < -0.39 is 0 Å². The highest BCUT2D eigenvalue weighted by Gasteiger charge is 2.34. The monoisotopic (exact) mass is 479 g/mol. The molecule has 0 aliphatic carbocycles. The molecule has 0 radical (unpaired) electrons. The number of benzene rings is 3. The molecule has 1 saturated heterocycles. The number of ether oxygens (including phenoxy) is 1. The van der Waals surface area contributed by atoms with Crippen LogP contribution in [0.4, 0.5) is 4.79 Å². The minimum absolute atomic E-state index is 0.200. The maximum Gasteiger partial charge on any atom is 0.293 e. The molecule has 150 valence electrons. The highest BCUT2D eigenvalue weighted by Crippen LogP contribution is 2.33. The van der Waals surface area contributed by atoms with Crippen LogP contribution in [0.25, 0.3) is 16.8 Å². The first-order chi connectivity index (χ1) is 14.6. The lowest BCUT2D eigenvalue weighted by atomic mass is 10.1. The van der Waals surface area contributed by atoms with Crippen LogP contribution in [0.2, 0.25) is 0 Å². The van der Waals surface area contributed by atoms with Gasteiger partial charge in [0, 0.05) is 9.87 Å². The van der Waals surface area contributed by atoms with Crippen LogP contribution in [0.1, 0.15) is 5.56 Å². The van der Waals surface area contributed by atoms with Gasteiger partial charge < -0.3 is 4.74 Å². The molecule has 0 unspecified atom stereocenters. The highest BCUT2D eigenvalue weighted by molar-refractivity contribution is 9.12. The highest BCUT2D eigenvalue weighted by atomic mass is 79.9. The number of nitrogens with zero attached hydrogens (tertiary/aromatic N) is 1. The van der Waals surface area contributed by atoms with Gasteiger partial charge in [0.25, 0.3) is 11.1 Å². The Labute approximate surface area is 187 Å². The lowest BCUT2D eigenvalue weighted by molar-refractivity contribution is -0.123. The van der Waals surface area contributed by atoms with Crippen LogP contribution in [0.5, 0.6) is 5.75 Å². The zero-order valence-electron chi connectivity index (χ0n) is 16.0. The third-order valence-corrected chi connectivity index (χ3v) is 5.93. The summed E-state index contributed by atoms with van der Waals surface area (Å²) in [6, 6.07) is 23.5. The van der Waals surface area contributed by atoms with E-state index in [0.717, 1.165) is 38.3 Å². The summed E-state index contributed by atoms with van der Waals surface area (Å²) in [4.78, 5) is 26.6. The van der Waals surface area contributed by atoms with E-state index in [1.165, 1.54) is 4.90 Å². The second-order valence-corrected chi connectivity index (χ2v) is 8.51. The normalized spacial score (nSPS) is 16.0. The molecule has 0 bridgehead atoms. The topological polar surface area (TPSA) is 46.6 Å². The van der Waals surface area contributed by atoms with Crippen LogP contribution in [-0.2, 0) is 4.79 Å². The number of carbonyl (C=O) groups is 2. The summed E-state index contributed by atoms with van der Waals surface area (Å²) >= 11 is 4.40. The number of thioether (sulfide) groups is 1. The van der Waals surface area contributed by atoms with Crippen molar-refractivity contribution >= 4 is 55.7 Å². The van der Waals surface area contributed by atoms with Gasteiger partial charge in [-0.15, -0.1) is 0 Å². The summed E-state index contributed by atoms with van der Waals surface area (Å²) in [5.41, 5.74) is 1.00. The van der Waals surface area contributed by atoms with Crippen molar-refractivity contribution in [3.8, 4) is 5.75 Å². The number of hydrogen-bond donors (Lipinski definition) is 0. The Bertz CT molecular complexity index is 1150. The molecule has 0 N–H and O–H groups in total. The lowest BCUT2D eigenvalue weighted by Gasteiger charge is -2.14. The summed E-state index contributed by atoms with van der Waals surface area (Å²) in [5.74, 6) is 0.439. The van der Waals surface area contributed by atoms with Crippen molar-refractivity contribution in [3.63, 3.8) is 0 Å². The van der Waals surface area contributed by atoms with Crippen molar-refractivity contribution < 1.29 is 14.3 Å². The van der Waals surface area contributed by atoms with Gasteiger partial charge in [0.1, 0.15) is 12.4 Å². The first-order valence-corrected chi connectivity index (χ1v) is 11.0. The molecule has 1 aliphatic heterocycles. The Morgan fingerprint density at radius 1 is 0.967 bits per heavy atom. The first-order valence-electron chi connectivity index (χ1n) is 9.40. The Balaban J connectivity index is 1.41. The Morgan fingerprint density at radius 2 is 1.70 bits per heavy atom. The predicted molar refractivity (Wildman–Crippen MR) is 126 cm³/mol. The lowest BCUT2D eigenvalue weighted by Crippen LogP contribution is -2.32. The van der Waals surface area contributed by atoms with Gasteiger partial charge in [-0.3, -0.25) is 14.5 Å². The average molecular weight is 480 g/mol. The van der Waals surface area contributed by atoms with E-state index in [1.807, 2.05) is 78.9 Å². The smallest absolute Gasteiger partial charge is 0.293 e. The van der Waals surface area contributed by atoms with Crippen LogP contribution in [0, 0.1) is 0 Å². The van der Waals surface area contributed by atoms with Gasteiger partial charge in [-0.05, 0) is 40.9 Å². The Kier molecular flexibility index (Phi) is 6.35. The number of hydrogen-bond acceptors (Lipinski definition) is 4. The molecule has 4 nitrogen and oxygen atoms in total. The van der Waals surface area contributed by atoms with Gasteiger partial charge in [0.05, 0.1) is 11.4 Å². The van der Waals surface area contributed by atoms with Gasteiger partial charge in [-0.25, -0.2) is 0 Å². The average Bonchev–Trinajstić information content (AvgIpc) is 3.01. The number of halogens is 1. The van der Waals surface area contributed by atoms with E-state index in [4.69, 9.17) is 4.74 Å². The fraction of sp³-hybridized carbons (Fsp3) is 0.0833. The number of fused-ring (bicyclic) bond motifs is 1. The molecule has 4 rings (SSSR count). The third kappa shape index (κ3) is 4.66. The maximum atomic E-state index is 12.7. The molecule has 6 heteroatoms. The van der Waals surface area contributed by atoms with E-state index in [-0.39, 0.29) is 24.3 Å². The van der Waals surface area contributed by atoms with E-state index in [1.54, 1.807) is 6.08 Å². The molecule has 3 aromatic rings. The summed E-state index contributed by atoms with van der Waals surface area (Å²) < 4.78 is 6.61. The number of imide groups is 1.